The van der Waals surface area contributed by atoms with Crippen molar-refractivity contribution in [2.75, 3.05) is 7.11 Å². The van der Waals surface area contributed by atoms with E-state index < -0.39 is 5.97 Å². The molecule has 1 aromatic heterocycles. The highest BCUT2D eigenvalue weighted by atomic mass is 16.5. The first kappa shape index (κ1) is 12.2. The van der Waals surface area contributed by atoms with E-state index in [1.54, 1.807) is 25.0 Å². The first-order chi connectivity index (χ1) is 8.61. The minimum absolute atomic E-state index is 0.0525. The lowest BCUT2D eigenvalue weighted by molar-refractivity contribution is -0.136. The van der Waals surface area contributed by atoms with Crippen LogP contribution in [0.5, 0.6) is 5.75 Å². The highest BCUT2D eigenvalue weighted by Gasteiger charge is 2.14. The van der Waals surface area contributed by atoms with Gasteiger partial charge in [0.2, 0.25) is 0 Å². The fourth-order valence-electron chi connectivity index (χ4n) is 1.85. The topological polar surface area (TPSA) is 64.4 Å². The summed E-state index contributed by atoms with van der Waals surface area (Å²) < 4.78 is 6.75. The summed E-state index contributed by atoms with van der Waals surface area (Å²) in [6, 6.07) is 7.48. The van der Waals surface area contributed by atoms with E-state index in [1.807, 2.05) is 24.3 Å². The second kappa shape index (κ2) is 4.91. The number of methoxy groups -OCH3 is 1. The number of ether oxygens (including phenoxy) is 1. The van der Waals surface area contributed by atoms with Gasteiger partial charge in [0, 0.05) is 12.6 Å². The van der Waals surface area contributed by atoms with Gasteiger partial charge in [0.25, 0.3) is 0 Å². The van der Waals surface area contributed by atoms with Crippen molar-refractivity contribution in [3.05, 3.63) is 36.2 Å². The number of carboxylic acids is 1. The van der Waals surface area contributed by atoms with Crippen molar-refractivity contribution >= 4 is 5.97 Å². The molecule has 2 rings (SSSR count). The first-order valence-corrected chi connectivity index (χ1v) is 5.49. The van der Waals surface area contributed by atoms with Crippen LogP contribution in [0.3, 0.4) is 0 Å². The van der Waals surface area contributed by atoms with Gasteiger partial charge in [-0.3, -0.25) is 9.48 Å². The van der Waals surface area contributed by atoms with Gasteiger partial charge >= 0.3 is 5.97 Å². The Kier molecular flexibility index (Phi) is 3.32. The van der Waals surface area contributed by atoms with E-state index in [-0.39, 0.29) is 6.42 Å². The van der Waals surface area contributed by atoms with E-state index in [0.29, 0.717) is 5.69 Å². The lowest BCUT2D eigenvalue weighted by atomic mass is 10.0. The van der Waals surface area contributed by atoms with Gasteiger partial charge in [-0.25, -0.2) is 0 Å². The predicted octanol–water partition coefficient (Wildman–Crippen LogP) is 1.72. The Morgan fingerprint density at radius 3 is 2.94 bits per heavy atom. The third-order valence-corrected chi connectivity index (χ3v) is 2.76. The third-order valence-electron chi connectivity index (χ3n) is 2.76. The summed E-state index contributed by atoms with van der Waals surface area (Å²) in [6.45, 7) is 0. The van der Waals surface area contributed by atoms with Crippen LogP contribution in [0, 0.1) is 0 Å². The normalized spacial score (nSPS) is 10.3. The van der Waals surface area contributed by atoms with E-state index in [0.717, 1.165) is 16.9 Å². The molecule has 1 aromatic carbocycles. The molecule has 0 aliphatic heterocycles. The van der Waals surface area contributed by atoms with Crippen LogP contribution in [0.15, 0.2) is 30.5 Å². The van der Waals surface area contributed by atoms with Crippen LogP contribution in [0.1, 0.15) is 5.69 Å². The Balaban J connectivity index is 2.46. The number of aliphatic carboxylic acids is 1. The van der Waals surface area contributed by atoms with Crippen molar-refractivity contribution in [3.8, 4) is 16.9 Å². The van der Waals surface area contributed by atoms with Gasteiger partial charge in [-0.15, -0.1) is 0 Å². The fourth-order valence-corrected chi connectivity index (χ4v) is 1.85. The highest BCUT2D eigenvalue weighted by molar-refractivity contribution is 5.75. The number of hydrogen-bond donors (Lipinski definition) is 1. The summed E-state index contributed by atoms with van der Waals surface area (Å²) in [6.07, 6.45) is 1.62. The number of rotatable bonds is 4. The van der Waals surface area contributed by atoms with Crippen LogP contribution >= 0.6 is 0 Å². The number of carbonyl (C=O) groups is 1. The van der Waals surface area contributed by atoms with E-state index >= 15 is 0 Å². The highest BCUT2D eigenvalue weighted by Crippen LogP contribution is 2.26. The molecule has 2 aromatic rings. The van der Waals surface area contributed by atoms with Crippen molar-refractivity contribution in [2.24, 2.45) is 7.05 Å². The molecule has 5 nitrogen and oxygen atoms in total. The average molecular weight is 246 g/mol. The molecule has 0 bridgehead atoms. The monoisotopic (exact) mass is 246 g/mol. The van der Waals surface area contributed by atoms with E-state index in [2.05, 4.69) is 5.10 Å². The largest absolute Gasteiger partial charge is 0.497 e. The minimum atomic E-state index is -0.872. The third kappa shape index (κ3) is 2.34. The summed E-state index contributed by atoms with van der Waals surface area (Å²) >= 11 is 0. The van der Waals surface area contributed by atoms with Crippen molar-refractivity contribution in [2.45, 2.75) is 6.42 Å². The van der Waals surface area contributed by atoms with Gasteiger partial charge < -0.3 is 9.84 Å². The smallest absolute Gasteiger partial charge is 0.309 e. The van der Waals surface area contributed by atoms with Crippen LogP contribution in [0.2, 0.25) is 0 Å². The fraction of sp³-hybridized carbons (Fsp3) is 0.231. The molecule has 0 spiro atoms. The zero-order valence-electron chi connectivity index (χ0n) is 10.3. The molecular formula is C13H14N2O3. The Morgan fingerprint density at radius 2 is 2.28 bits per heavy atom. The lowest BCUT2D eigenvalue weighted by Gasteiger charge is -2.06. The average Bonchev–Trinajstić information content (AvgIpc) is 2.71. The van der Waals surface area contributed by atoms with Gasteiger partial charge in [0.05, 0.1) is 25.4 Å². The van der Waals surface area contributed by atoms with Crippen molar-refractivity contribution in [3.63, 3.8) is 0 Å². The molecule has 1 heterocycles. The summed E-state index contributed by atoms with van der Waals surface area (Å²) in [5.74, 6) is -0.139. The van der Waals surface area contributed by atoms with Crippen LogP contribution in [0.4, 0.5) is 0 Å². The quantitative estimate of drug-likeness (QED) is 0.892. The number of nitrogens with zero attached hydrogens (tertiary/aromatic N) is 2. The Morgan fingerprint density at radius 1 is 1.50 bits per heavy atom. The molecule has 0 aliphatic carbocycles. The summed E-state index contributed by atoms with van der Waals surface area (Å²) in [5.41, 5.74) is 2.40. The molecule has 5 heteroatoms. The van der Waals surface area contributed by atoms with E-state index in [9.17, 15) is 4.79 Å². The molecule has 0 saturated carbocycles. The van der Waals surface area contributed by atoms with Gasteiger partial charge in [-0.2, -0.15) is 5.10 Å². The van der Waals surface area contributed by atoms with E-state index in [1.165, 1.54) is 0 Å². The second-order valence-corrected chi connectivity index (χ2v) is 3.93. The molecule has 0 amide bonds. The van der Waals surface area contributed by atoms with Crippen LogP contribution in [-0.2, 0) is 18.3 Å². The number of carboxylic acid groups (broad SMARTS) is 1. The molecule has 18 heavy (non-hydrogen) atoms. The van der Waals surface area contributed by atoms with Gasteiger partial charge in [-0.1, -0.05) is 12.1 Å². The van der Waals surface area contributed by atoms with E-state index in [4.69, 9.17) is 9.84 Å². The zero-order chi connectivity index (χ0) is 13.1. The van der Waals surface area contributed by atoms with Gasteiger partial charge in [0.15, 0.2) is 0 Å². The molecule has 94 valence electrons. The number of hydrogen-bond acceptors (Lipinski definition) is 3. The summed E-state index contributed by atoms with van der Waals surface area (Å²) in [5, 5.41) is 13.0. The SMILES string of the molecule is COc1cccc(-c2cnn(C)c2CC(=O)O)c1. The first-order valence-electron chi connectivity index (χ1n) is 5.49. The van der Waals surface area contributed by atoms with Crippen LogP contribution in [-0.4, -0.2) is 28.0 Å². The number of benzene rings is 1. The van der Waals surface area contributed by atoms with Gasteiger partial charge in [0.1, 0.15) is 5.75 Å². The standard InChI is InChI=1S/C13H14N2O3/c1-15-12(7-13(16)17)11(8-14-15)9-4-3-5-10(6-9)18-2/h3-6,8H,7H2,1-2H3,(H,16,17). The zero-order valence-corrected chi connectivity index (χ0v) is 10.3. The minimum Gasteiger partial charge on any atom is -0.497 e. The van der Waals surface area contributed by atoms with Crippen molar-refractivity contribution < 1.29 is 14.6 Å². The lowest BCUT2D eigenvalue weighted by Crippen LogP contribution is -2.07. The maximum Gasteiger partial charge on any atom is 0.309 e. The Labute approximate surface area is 105 Å². The predicted molar refractivity (Wildman–Crippen MR) is 66.5 cm³/mol. The number of aromatic nitrogens is 2. The maximum atomic E-state index is 10.9. The number of aryl methyl sites for hydroxylation is 1. The molecular weight excluding hydrogens is 232 g/mol. The molecule has 0 saturated heterocycles. The van der Waals surface area contributed by atoms with Gasteiger partial charge in [-0.05, 0) is 17.7 Å². The summed E-state index contributed by atoms with van der Waals surface area (Å²) in [4.78, 5) is 10.9. The molecule has 0 unspecified atom stereocenters. The van der Waals surface area contributed by atoms with Crippen LogP contribution in [0.25, 0.3) is 11.1 Å². The van der Waals surface area contributed by atoms with Crippen LogP contribution < -0.4 is 4.74 Å². The molecule has 0 atom stereocenters. The summed E-state index contributed by atoms with van der Waals surface area (Å²) in [7, 11) is 3.34. The molecule has 0 radical (unpaired) electrons. The Hall–Kier alpha value is -2.30. The molecule has 1 N–H and O–H groups in total. The maximum absolute atomic E-state index is 10.9. The molecule has 0 fully saturated rings. The van der Waals surface area contributed by atoms with Crippen molar-refractivity contribution in [1.29, 1.82) is 0 Å². The van der Waals surface area contributed by atoms with Crippen molar-refractivity contribution in [1.82, 2.24) is 9.78 Å². The second-order valence-electron chi connectivity index (χ2n) is 3.93. The molecule has 0 aliphatic rings. The Bertz CT molecular complexity index is 575.